The van der Waals surface area contributed by atoms with E-state index in [0.29, 0.717) is 46.6 Å². The molecule has 4 aliphatic carbocycles. The number of nitrogens with one attached hydrogen (secondary N) is 2. The van der Waals surface area contributed by atoms with Crippen LogP contribution in [0.25, 0.3) is 21.8 Å². The van der Waals surface area contributed by atoms with E-state index in [1.165, 1.54) is 29.7 Å². The van der Waals surface area contributed by atoms with E-state index in [1.807, 2.05) is 0 Å². The summed E-state index contributed by atoms with van der Waals surface area (Å²) in [5.41, 5.74) is -4.39. The van der Waals surface area contributed by atoms with Gasteiger partial charge in [0.05, 0.1) is 39.0 Å². The predicted octanol–water partition coefficient (Wildman–Crippen LogP) is 6.50. The second-order valence-corrected chi connectivity index (χ2v) is 18.3. The Morgan fingerprint density at radius 2 is 1.65 bits per heavy atom. The molecule has 4 saturated carbocycles. The molecule has 2 aromatic carbocycles. The van der Waals surface area contributed by atoms with Crippen LogP contribution in [0.2, 0.25) is 0 Å². The fraction of sp³-hybridized carbons (Fsp3) is 0.387. The van der Waals surface area contributed by atoms with Gasteiger partial charge in [-0.3, -0.25) is 4.72 Å². The molecule has 5 fully saturated rings. The molecule has 49 heavy (non-hydrogen) atoms. The standard InChI is InChI=1S/C31H25F6N5O4S3/c32-19-5-2-4-18(31(35,36)37)25(19)49(45,46)42-20-6-1-3-17(22(20)33)23-24(47-26(41-23)29-11-30(34,12-29)13-29)21-7-8-38-27(40-21)39-16-9-28(10-16)14-48(43,44)15-28/h1-8,16,42H,9-15H2,(H,38,39,40). The van der Waals surface area contributed by atoms with Crippen molar-refractivity contribution in [3.8, 4) is 21.8 Å². The van der Waals surface area contributed by atoms with Gasteiger partial charge in [-0.2, -0.15) is 13.2 Å². The van der Waals surface area contributed by atoms with E-state index in [9.17, 15) is 38.8 Å². The van der Waals surface area contributed by atoms with Gasteiger partial charge in [0.1, 0.15) is 21.4 Å². The van der Waals surface area contributed by atoms with Crippen LogP contribution in [0, 0.1) is 17.0 Å². The highest BCUT2D eigenvalue weighted by Gasteiger charge is 2.71. The Hall–Kier alpha value is -3.77. The fourth-order valence-corrected chi connectivity index (χ4v) is 12.6. The second-order valence-electron chi connectivity index (χ2n) is 13.6. The van der Waals surface area contributed by atoms with E-state index in [2.05, 4.69) is 15.3 Å². The zero-order valence-corrected chi connectivity index (χ0v) is 27.6. The first-order valence-corrected chi connectivity index (χ1v) is 19.2. The van der Waals surface area contributed by atoms with E-state index in [4.69, 9.17) is 4.98 Å². The van der Waals surface area contributed by atoms with Gasteiger partial charge in [-0.15, -0.1) is 11.3 Å². The summed E-state index contributed by atoms with van der Waals surface area (Å²) in [5.74, 6) is -2.31. The third-order valence-electron chi connectivity index (χ3n) is 9.72. The van der Waals surface area contributed by atoms with Gasteiger partial charge in [-0.05, 0) is 62.4 Å². The number of thiazole rings is 1. The molecule has 2 aromatic heterocycles. The molecule has 4 aromatic rings. The predicted molar refractivity (Wildman–Crippen MR) is 168 cm³/mol. The molecule has 0 amide bonds. The summed E-state index contributed by atoms with van der Waals surface area (Å²) in [6.45, 7) is 0. The van der Waals surface area contributed by atoms with Crippen LogP contribution in [-0.2, 0) is 31.5 Å². The van der Waals surface area contributed by atoms with E-state index in [0.717, 1.165) is 6.07 Å². The smallest absolute Gasteiger partial charge is 0.351 e. The molecule has 9 rings (SSSR count). The van der Waals surface area contributed by atoms with Crippen molar-refractivity contribution in [2.45, 2.75) is 60.3 Å². The van der Waals surface area contributed by atoms with Crippen molar-refractivity contribution in [3.63, 3.8) is 0 Å². The van der Waals surface area contributed by atoms with E-state index >= 15 is 4.39 Å². The number of halogens is 6. The summed E-state index contributed by atoms with van der Waals surface area (Å²) in [6.07, 6.45) is -1.75. The maximum Gasteiger partial charge on any atom is 0.417 e. The van der Waals surface area contributed by atoms with Crippen molar-refractivity contribution >= 4 is 42.8 Å². The van der Waals surface area contributed by atoms with Gasteiger partial charge in [0.15, 0.2) is 15.7 Å². The van der Waals surface area contributed by atoms with Crippen LogP contribution in [-0.4, -0.2) is 55.0 Å². The lowest BCUT2D eigenvalue weighted by molar-refractivity contribution is -0.158. The normalized spacial score (nSPS) is 25.1. The monoisotopic (exact) mass is 741 g/mol. The van der Waals surface area contributed by atoms with Crippen LogP contribution in [0.3, 0.4) is 0 Å². The summed E-state index contributed by atoms with van der Waals surface area (Å²) < 4.78 is 138. The van der Waals surface area contributed by atoms with Gasteiger partial charge in [0.2, 0.25) is 5.95 Å². The summed E-state index contributed by atoms with van der Waals surface area (Å²) in [6, 6.07) is 6.74. The van der Waals surface area contributed by atoms with Crippen molar-refractivity contribution in [1.82, 2.24) is 15.0 Å². The highest BCUT2D eigenvalue weighted by molar-refractivity contribution is 7.93. The molecule has 0 atom stereocenters. The largest absolute Gasteiger partial charge is 0.417 e. The molecule has 3 heterocycles. The summed E-state index contributed by atoms with van der Waals surface area (Å²) in [4.78, 5) is 12.3. The Bertz CT molecular complexity index is 2240. The average Bonchev–Trinajstić information content (AvgIpc) is 3.38. The van der Waals surface area contributed by atoms with Crippen LogP contribution >= 0.6 is 11.3 Å². The van der Waals surface area contributed by atoms with Crippen LogP contribution in [0.15, 0.2) is 53.6 Å². The van der Waals surface area contributed by atoms with Crippen molar-refractivity contribution in [3.05, 3.63) is 70.9 Å². The van der Waals surface area contributed by atoms with Gasteiger partial charge >= 0.3 is 6.18 Å². The molecular weight excluding hydrogens is 717 g/mol. The number of anilines is 2. The molecule has 9 nitrogen and oxygen atoms in total. The van der Waals surface area contributed by atoms with Crippen LogP contribution < -0.4 is 10.0 Å². The topological polar surface area (TPSA) is 131 Å². The van der Waals surface area contributed by atoms with Crippen LogP contribution in [0.1, 0.15) is 42.7 Å². The first-order valence-electron chi connectivity index (χ1n) is 15.1. The van der Waals surface area contributed by atoms with Crippen molar-refractivity contribution < 1.29 is 43.2 Å². The molecule has 1 spiro atoms. The quantitative estimate of drug-likeness (QED) is 0.196. The second kappa shape index (κ2) is 10.4. The van der Waals surface area contributed by atoms with Crippen LogP contribution in [0.5, 0.6) is 0 Å². The number of benzene rings is 2. The molecule has 2 N–H and O–H groups in total. The van der Waals surface area contributed by atoms with Gasteiger partial charge in [-0.1, -0.05) is 12.1 Å². The molecule has 5 aliphatic rings. The lowest BCUT2D eigenvalue weighted by Crippen LogP contribution is -2.67. The Morgan fingerprint density at radius 1 is 0.959 bits per heavy atom. The SMILES string of the molecule is O=S1(=O)CC2(CC(Nc3nccc(-c4sc(C56CC(F)(C5)C6)nc4-c4cccc(NS(=O)(=O)c5c(F)cccc5C(F)(F)F)c4F)n3)C2)C1. The minimum absolute atomic E-state index is 0.0463. The Balaban J connectivity index is 1.14. The number of aromatic nitrogens is 3. The first kappa shape index (κ1) is 32.4. The third kappa shape index (κ3) is 5.37. The molecule has 258 valence electrons. The molecular formula is C31H25F6N5O4S3. The maximum atomic E-state index is 16.3. The number of nitrogens with zero attached hydrogens (tertiary/aromatic N) is 3. The van der Waals surface area contributed by atoms with E-state index in [1.54, 1.807) is 10.8 Å². The van der Waals surface area contributed by atoms with Gasteiger partial charge in [-0.25, -0.2) is 45.0 Å². The molecule has 18 heteroatoms. The lowest BCUT2D eigenvalue weighted by atomic mass is 9.42. The molecule has 2 bridgehead atoms. The van der Waals surface area contributed by atoms with Crippen molar-refractivity contribution in [1.29, 1.82) is 0 Å². The van der Waals surface area contributed by atoms with Crippen LogP contribution in [0.4, 0.5) is 38.0 Å². The van der Waals surface area contributed by atoms with Crippen molar-refractivity contribution in [2.24, 2.45) is 5.41 Å². The summed E-state index contributed by atoms with van der Waals surface area (Å²) in [7, 11) is -8.28. The maximum absolute atomic E-state index is 16.3. The zero-order chi connectivity index (χ0) is 34.8. The number of sulfonamides is 1. The summed E-state index contributed by atoms with van der Waals surface area (Å²) >= 11 is 1.18. The zero-order valence-electron chi connectivity index (χ0n) is 25.1. The molecule has 0 unspecified atom stereocenters. The highest BCUT2D eigenvalue weighted by Crippen LogP contribution is 2.70. The highest BCUT2D eigenvalue weighted by atomic mass is 32.2. The first-order chi connectivity index (χ1) is 22.9. The lowest BCUT2D eigenvalue weighted by Gasteiger charge is -2.64. The number of rotatable bonds is 8. The Labute approximate surface area is 280 Å². The Morgan fingerprint density at radius 3 is 2.31 bits per heavy atom. The Kier molecular flexibility index (Phi) is 6.87. The van der Waals surface area contributed by atoms with E-state index < -0.39 is 64.9 Å². The van der Waals surface area contributed by atoms with Gasteiger partial charge < -0.3 is 5.32 Å². The third-order valence-corrected chi connectivity index (χ3v) is 14.6. The number of sulfone groups is 1. The van der Waals surface area contributed by atoms with Gasteiger partial charge in [0.25, 0.3) is 10.0 Å². The molecule has 1 aliphatic heterocycles. The number of hydrogen-bond acceptors (Lipinski definition) is 9. The number of alkyl halides is 4. The average molecular weight is 742 g/mol. The minimum atomic E-state index is -5.29. The number of hydrogen-bond donors (Lipinski definition) is 2. The van der Waals surface area contributed by atoms with Crippen molar-refractivity contribution in [2.75, 3.05) is 21.5 Å². The minimum Gasteiger partial charge on any atom is -0.351 e. The molecule has 1 saturated heterocycles. The van der Waals surface area contributed by atoms with Gasteiger partial charge in [0, 0.05) is 28.6 Å². The van der Waals surface area contributed by atoms with E-state index in [-0.39, 0.29) is 59.4 Å². The fourth-order valence-electron chi connectivity index (χ4n) is 7.74. The molecule has 0 radical (unpaired) electrons. The summed E-state index contributed by atoms with van der Waals surface area (Å²) in [5, 5.41) is 3.74.